The monoisotopic (exact) mass is 358 g/mol. The van der Waals surface area contributed by atoms with Gasteiger partial charge in [-0.25, -0.2) is 8.42 Å². The number of fused-ring (bicyclic) bond motifs is 1. The molecule has 0 aromatic heterocycles. The first-order valence-corrected chi connectivity index (χ1v) is 9.85. The molecule has 132 valence electrons. The molecule has 25 heavy (non-hydrogen) atoms. The lowest BCUT2D eigenvalue weighted by Crippen LogP contribution is -2.36. The van der Waals surface area contributed by atoms with Crippen LogP contribution in [0.5, 0.6) is 0 Å². The van der Waals surface area contributed by atoms with Crippen molar-refractivity contribution in [1.82, 2.24) is 5.32 Å². The van der Waals surface area contributed by atoms with E-state index in [1.54, 1.807) is 48.5 Å². The van der Waals surface area contributed by atoms with Gasteiger partial charge in [-0.2, -0.15) is 0 Å². The summed E-state index contributed by atoms with van der Waals surface area (Å²) < 4.78 is 27.4. The maximum absolute atomic E-state index is 13.0. The fourth-order valence-electron chi connectivity index (χ4n) is 3.02. The fourth-order valence-corrected chi connectivity index (χ4v) is 4.58. The predicted molar refractivity (Wildman–Crippen MR) is 98.3 cm³/mol. The second-order valence-electron chi connectivity index (χ2n) is 6.47. The molecule has 0 radical (unpaired) electrons. The molecule has 0 fully saturated rings. The molecule has 6 heteroatoms. The highest BCUT2D eigenvalue weighted by Gasteiger charge is 2.29. The Morgan fingerprint density at radius 2 is 1.84 bits per heavy atom. The average molecular weight is 358 g/mol. The number of carbonyl (C=O) groups excluding carboxylic acids is 1. The van der Waals surface area contributed by atoms with Gasteiger partial charge < -0.3 is 5.32 Å². The van der Waals surface area contributed by atoms with Crippen LogP contribution in [0.15, 0.2) is 53.4 Å². The zero-order chi connectivity index (χ0) is 18.0. The van der Waals surface area contributed by atoms with Crippen molar-refractivity contribution in [2.45, 2.75) is 37.6 Å². The summed E-state index contributed by atoms with van der Waals surface area (Å²) in [6.45, 7) is 4.26. The van der Waals surface area contributed by atoms with Gasteiger partial charge in [0.2, 0.25) is 0 Å². The van der Waals surface area contributed by atoms with Gasteiger partial charge >= 0.3 is 0 Å². The summed E-state index contributed by atoms with van der Waals surface area (Å²) in [5, 5.41) is 2.86. The molecule has 0 saturated heterocycles. The number of carbonyl (C=O) groups is 1. The molecule has 0 unspecified atom stereocenters. The lowest BCUT2D eigenvalue weighted by molar-refractivity contribution is 0.0943. The van der Waals surface area contributed by atoms with Gasteiger partial charge in [-0.05, 0) is 62.6 Å². The zero-order valence-electron chi connectivity index (χ0n) is 14.4. The van der Waals surface area contributed by atoms with Gasteiger partial charge in [-0.15, -0.1) is 0 Å². The number of benzene rings is 2. The number of anilines is 1. The first kappa shape index (κ1) is 17.5. The van der Waals surface area contributed by atoms with Crippen molar-refractivity contribution < 1.29 is 13.2 Å². The maximum Gasteiger partial charge on any atom is 0.264 e. The highest BCUT2D eigenvalue weighted by atomic mass is 32.2. The van der Waals surface area contributed by atoms with Gasteiger partial charge in [0, 0.05) is 18.2 Å². The molecule has 0 bridgehead atoms. The topological polar surface area (TPSA) is 66.5 Å². The first-order valence-electron chi connectivity index (χ1n) is 8.41. The Kier molecular flexibility index (Phi) is 4.81. The minimum atomic E-state index is -3.59. The molecule has 1 amide bonds. The molecule has 0 spiro atoms. The smallest absolute Gasteiger partial charge is 0.264 e. The van der Waals surface area contributed by atoms with Crippen LogP contribution >= 0.6 is 0 Å². The van der Waals surface area contributed by atoms with Crippen molar-refractivity contribution in [3.8, 4) is 0 Å². The third-order valence-electron chi connectivity index (χ3n) is 4.17. The van der Waals surface area contributed by atoms with E-state index >= 15 is 0 Å². The van der Waals surface area contributed by atoms with E-state index in [4.69, 9.17) is 0 Å². The molecule has 3 rings (SSSR count). The van der Waals surface area contributed by atoms with Gasteiger partial charge in [-0.1, -0.05) is 18.2 Å². The summed E-state index contributed by atoms with van der Waals surface area (Å²) in [7, 11) is -3.59. The molecule has 2 aromatic rings. The first-order chi connectivity index (χ1) is 11.9. The van der Waals surface area contributed by atoms with Gasteiger partial charge in [0.25, 0.3) is 15.9 Å². The van der Waals surface area contributed by atoms with E-state index in [9.17, 15) is 13.2 Å². The molecule has 0 atom stereocenters. The number of hydrogen-bond donors (Lipinski definition) is 1. The molecule has 0 saturated carbocycles. The molecule has 1 aliphatic heterocycles. The van der Waals surface area contributed by atoms with Gasteiger partial charge in [-0.3, -0.25) is 9.10 Å². The van der Waals surface area contributed by atoms with Crippen LogP contribution in [0, 0.1) is 0 Å². The molecule has 1 aliphatic rings. The van der Waals surface area contributed by atoms with E-state index < -0.39 is 10.0 Å². The van der Waals surface area contributed by atoms with Crippen molar-refractivity contribution in [2.24, 2.45) is 0 Å². The van der Waals surface area contributed by atoms with E-state index in [0.29, 0.717) is 17.8 Å². The number of nitrogens with zero attached hydrogens (tertiary/aromatic N) is 1. The molecule has 0 aliphatic carbocycles. The number of sulfonamides is 1. The fraction of sp³-hybridized carbons (Fsp3) is 0.316. The Balaban J connectivity index is 1.97. The third-order valence-corrected chi connectivity index (χ3v) is 6.00. The Bertz CT molecular complexity index is 877. The van der Waals surface area contributed by atoms with E-state index in [0.717, 1.165) is 18.4 Å². The van der Waals surface area contributed by atoms with Crippen LogP contribution in [-0.4, -0.2) is 26.9 Å². The van der Waals surface area contributed by atoms with Gasteiger partial charge in [0.05, 0.1) is 10.6 Å². The lowest BCUT2D eigenvalue weighted by atomic mass is 10.0. The van der Waals surface area contributed by atoms with E-state index in [-0.39, 0.29) is 16.8 Å². The Labute approximate surface area is 148 Å². The van der Waals surface area contributed by atoms with Crippen LogP contribution in [-0.2, 0) is 16.4 Å². The standard InChI is InChI=1S/C19H22N2O3S/c1-14(2)20-19(22)16-10-11-18-15(13-16)7-6-12-21(18)25(23,24)17-8-4-3-5-9-17/h3-5,8-11,13-14H,6-7,12H2,1-2H3,(H,20,22). The van der Waals surface area contributed by atoms with Crippen molar-refractivity contribution in [3.63, 3.8) is 0 Å². The van der Waals surface area contributed by atoms with Crippen LogP contribution in [0.25, 0.3) is 0 Å². The maximum atomic E-state index is 13.0. The van der Waals surface area contributed by atoms with Crippen LogP contribution in [0.2, 0.25) is 0 Å². The molecule has 5 nitrogen and oxygen atoms in total. The Hall–Kier alpha value is -2.34. The summed E-state index contributed by atoms with van der Waals surface area (Å²) in [4.78, 5) is 12.5. The van der Waals surface area contributed by atoms with Crippen molar-refractivity contribution in [3.05, 3.63) is 59.7 Å². The van der Waals surface area contributed by atoms with Crippen LogP contribution in [0.1, 0.15) is 36.2 Å². The minimum absolute atomic E-state index is 0.0542. The van der Waals surface area contributed by atoms with Crippen molar-refractivity contribution in [2.75, 3.05) is 10.8 Å². The molecule has 1 heterocycles. The SMILES string of the molecule is CC(C)NC(=O)c1ccc2c(c1)CCCN2S(=O)(=O)c1ccccc1. The number of rotatable bonds is 4. The number of amides is 1. The predicted octanol–water partition coefficient (Wildman–Crippen LogP) is 2.97. The summed E-state index contributed by atoms with van der Waals surface area (Å²) in [5.74, 6) is -0.138. The van der Waals surface area contributed by atoms with E-state index in [2.05, 4.69) is 5.32 Å². The van der Waals surface area contributed by atoms with Gasteiger partial charge in [0.1, 0.15) is 0 Å². The molecular formula is C19H22N2O3S. The van der Waals surface area contributed by atoms with E-state index in [1.807, 2.05) is 13.8 Å². The molecule has 2 aromatic carbocycles. The second-order valence-corrected chi connectivity index (χ2v) is 8.33. The number of nitrogens with one attached hydrogen (secondary N) is 1. The Morgan fingerprint density at radius 1 is 1.12 bits per heavy atom. The summed E-state index contributed by atoms with van der Waals surface area (Å²) in [6, 6.07) is 13.7. The normalized spacial score (nSPS) is 14.3. The quantitative estimate of drug-likeness (QED) is 0.914. The average Bonchev–Trinajstić information content (AvgIpc) is 2.60. The number of aryl methyl sites for hydroxylation is 1. The highest BCUT2D eigenvalue weighted by Crippen LogP contribution is 2.32. The van der Waals surface area contributed by atoms with Crippen molar-refractivity contribution in [1.29, 1.82) is 0 Å². The molecular weight excluding hydrogens is 336 g/mol. The minimum Gasteiger partial charge on any atom is -0.350 e. The molecule has 1 N–H and O–H groups in total. The second kappa shape index (κ2) is 6.88. The zero-order valence-corrected chi connectivity index (χ0v) is 15.2. The largest absolute Gasteiger partial charge is 0.350 e. The van der Waals surface area contributed by atoms with Crippen molar-refractivity contribution >= 4 is 21.6 Å². The van der Waals surface area contributed by atoms with Crippen LogP contribution in [0.3, 0.4) is 0 Å². The van der Waals surface area contributed by atoms with Gasteiger partial charge in [0.15, 0.2) is 0 Å². The van der Waals surface area contributed by atoms with Crippen LogP contribution < -0.4 is 9.62 Å². The van der Waals surface area contributed by atoms with E-state index in [1.165, 1.54) is 4.31 Å². The lowest BCUT2D eigenvalue weighted by Gasteiger charge is -2.30. The Morgan fingerprint density at radius 3 is 2.52 bits per heavy atom. The summed E-state index contributed by atoms with van der Waals surface area (Å²) in [5.41, 5.74) is 2.12. The van der Waals surface area contributed by atoms with Crippen LogP contribution in [0.4, 0.5) is 5.69 Å². The highest BCUT2D eigenvalue weighted by molar-refractivity contribution is 7.92. The summed E-state index contributed by atoms with van der Waals surface area (Å²) >= 11 is 0. The third kappa shape index (κ3) is 3.54. The summed E-state index contributed by atoms with van der Waals surface area (Å²) in [6.07, 6.45) is 1.49. The number of hydrogen-bond acceptors (Lipinski definition) is 3.